The van der Waals surface area contributed by atoms with Crippen molar-refractivity contribution in [3.63, 3.8) is 0 Å². The second kappa shape index (κ2) is 6.24. The Balaban J connectivity index is 2.27. The van der Waals surface area contributed by atoms with Gasteiger partial charge in [0.05, 0.1) is 10.8 Å². The van der Waals surface area contributed by atoms with E-state index >= 15 is 0 Å². The Morgan fingerprint density at radius 1 is 1.45 bits per heavy atom. The molecule has 1 aliphatic heterocycles. The van der Waals surface area contributed by atoms with Crippen LogP contribution < -0.4 is 0 Å². The first-order valence-electron chi connectivity index (χ1n) is 6.33. The van der Waals surface area contributed by atoms with Crippen LogP contribution in [0.4, 0.5) is 0 Å². The van der Waals surface area contributed by atoms with E-state index in [1.54, 1.807) is 18.2 Å². The zero-order valence-electron chi connectivity index (χ0n) is 10.8. The lowest BCUT2D eigenvalue weighted by Gasteiger charge is -2.29. The number of halogens is 1. The molecule has 0 unspecified atom stereocenters. The SMILES string of the molecule is O=C(O)[C@@H]1CCCN(S(=O)(=O)c2cccc(CBr)c2)C1. The number of benzene rings is 1. The Labute approximate surface area is 126 Å². The molecule has 5 nitrogen and oxygen atoms in total. The molecule has 110 valence electrons. The highest BCUT2D eigenvalue weighted by Crippen LogP contribution is 2.24. The van der Waals surface area contributed by atoms with Gasteiger partial charge in [-0.15, -0.1) is 0 Å². The lowest BCUT2D eigenvalue weighted by molar-refractivity contribution is -0.142. The van der Waals surface area contributed by atoms with Crippen molar-refractivity contribution >= 4 is 31.9 Å². The average Bonchev–Trinajstić information content (AvgIpc) is 2.47. The quantitative estimate of drug-likeness (QED) is 0.833. The van der Waals surface area contributed by atoms with E-state index in [0.717, 1.165) is 5.56 Å². The van der Waals surface area contributed by atoms with Crippen LogP contribution in [0.2, 0.25) is 0 Å². The lowest BCUT2D eigenvalue weighted by Crippen LogP contribution is -2.42. The van der Waals surface area contributed by atoms with Gasteiger partial charge in [0.25, 0.3) is 0 Å². The van der Waals surface area contributed by atoms with Crippen LogP contribution in [-0.2, 0) is 20.1 Å². The van der Waals surface area contributed by atoms with Crippen molar-refractivity contribution in [1.29, 1.82) is 0 Å². The van der Waals surface area contributed by atoms with Crippen molar-refractivity contribution in [1.82, 2.24) is 4.31 Å². The van der Waals surface area contributed by atoms with Crippen LogP contribution >= 0.6 is 15.9 Å². The van der Waals surface area contributed by atoms with Gasteiger partial charge < -0.3 is 5.11 Å². The first kappa shape index (κ1) is 15.5. The first-order valence-corrected chi connectivity index (χ1v) is 8.89. The summed E-state index contributed by atoms with van der Waals surface area (Å²) >= 11 is 3.30. The highest BCUT2D eigenvalue weighted by Gasteiger charge is 2.33. The molecule has 0 aliphatic carbocycles. The molecule has 0 bridgehead atoms. The number of aliphatic carboxylic acids is 1. The second-order valence-electron chi connectivity index (χ2n) is 4.82. The van der Waals surface area contributed by atoms with Crippen LogP contribution in [-0.4, -0.2) is 36.9 Å². The van der Waals surface area contributed by atoms with E-state index in [-0.39, 0.29) is 11.4 Å². The number of hydrogen-bond acceptors (Lipinski definition) is 3. The molecular weight excluding hydrogens is 346 g/mol. The summed E-state index contributed by atoms with van der Waals surface area (Å²) in [7, 11) is -3.61. The van der Waals surface area contributed by atoms with Crippen molar-refractivity contribution in [2.75, 3.05) is 13.1 Å². The monoisotopic (exact) mass is 361 g/mol. The summed E-state index contributed by atoms with van der Waals surface area (Å²) < 4.78 is 26.4. The molecule has 2 rings (SSSR count). The van der Waals surface area contributed by atoms with Crippen molar-refractivity contribution in [2.24, 2.45) is 5.92 Å². The number of nitrogens with zero attached hydrogens (tertiary/aromatic N) is 1. The molecule has 0 aromatic heterocycles. The van der Waals surface area contributed by atoms with E-state index in [9.17, 15) is 13.2 Å². The number of hydrogen-bond donors (Lipinski definition) is 1. The smallest absolute Gasteiger partial charge is 0.307 e. The zero-order valence-corrected chi connectivity index (χ0v) is 13.2. The molecule has 1 fully saturated rings. The Kier molecular flexibility index (Phi) is 4.82. The fourth-order valence-corrected chi connectivity index (χ4v) is 4.24. The van der Waals surface area contributed by atoms with Gasteiger partial charge in [0, 0.05) is 18.4 Å². The maximum absolute atomic E-state index is 12.5. The molecule has 0 spiro atoms. The van der Waals surface area contributed by atoms with Crippen LogP contribution in [0.25, 0.3) is 0 Å². The summed E-state index contributed by atoms with van der Waals surface area (Å²) in [5.74, 6) is -1.54. The number of carboxylic acids is 1. The molecule has 7 heteroatoms. The topological polar surface area (TPSA) is 74.7 Å². The van der Waals surface area contributed by atoms with Gasteiger partial charge in [-0.2, -0.15) is 4.31 Å². The molecule has 1 aromatic carbocycles. The largest absolute Gasteiger partial charge is 0.481 e. The molecule has 0 radical (unpaired) electrons. The van der Waals surface area contributed by atoms with Crippen molar-refractivity contribution in [2.45, 2.75) is 23.1 Å². The fraction of sp³-hybridized carbons (Fsp3) is 0.462. The predicted molar refractivity (Wildman–Crippen MR) is 78.2 cm³/mol. The van der Waals surface area contributed by atoms with E-state index in [1.807, 2.05) is 6.07 Å². The summed E-state index contributed by atoms with van der Waals surface area (Å²) in [6, 6.07) is 6.70. The van der Waals surface area contributed by atoms with Gasteiger partial charge in [0.1, 0.15) is 0 Å². The Morgan fingerprint density at radius 2 is 2.20 bits per heavy atom. The summed E-state index contributed by atoms with van der Waals surface area (Å²) in [5, 5.41) is 9.62. The van der Waals surface area contributed by atoms with Crippen molar-refractivity contribution < 1.29 is 18.3 Å². The average molecular weight is 362 g/mol. The van der Waals surface area contributed by atoms with Gasteiger partial charge in [-0.3, -0.25) is 4.79 Å². The molecule has 0 amide bonds. The summed E-state index contributed by atoms with van der Waals surface area (Å²) in [6.45, 7) is 0.431. The third-order valence-electron chi connectivity index (χ3n) is 3.42. The van der Waals surface area contributed by atoms with Gasteiger partial charge in [0.2, 0.25) is 10.0 Å². The van der Waals surface area contributed by atoms with Gasteiger partial charge in [0.15, 0.2) is 0 Å². The standard InChI is InChI=1S/C13H16BrNO4S/c14-8-10-3-1-5-12(7-10)20(18,19)15-6-2-4-11(9-15)13(16)17/h1,3,5,7,11H,2,4,6,8-9H2,(H,16,17)/t11-/m1/s1. The molecule has 1 atom stereocenters. The number of sulfonamides is 1. The second-order valence-corrected chi connectivity index (χ2v) is 7.32. The maximum Gasteiger partial charge on any atom is 0.307 e. The van der Waals surface area contributed by atoms with Crippen LogP contribution in [0.1, 0.15) is 18.4 Å². The molecular formula is C13H16BrNO4S. The predicted octanol–water partition coefficient (Wildman–Crippen LogP) is 2.07. The van der Waals surface area contributed by atoms with Crippen LogP contribution in [0.3, 0.4) is 0 Å². The highest BCUT2D eigenvalue weighted by molar-refractivity contribution is 9.08. The highest BCUT2D eigenvalue weighted by atomic mass is 79.9. The fourth-order valence-electron chi connectivity index (χ4n) is 2.30. The number of rotatable bonds is 4. The van der Waals surface area contributed by atoms with E-state index in [4.69, 9.17) is 5.11 Å². The van der Waals surface area contributed by atoms with Gasteiger partial charge in [-0.05, 0) is 30.5 Å². The molecule has 1 N–H and O–H groups in total. The zero-order chi connectivity index (χ0) is 14.8. The molecule has 1 aliphatic rings. The number of alkyl halides is 1. The van der Waals surface area contributed by atoms with Crippen LogP contribution in [0.5, 0.6) is 0 Å². The number of piperidine rings is 1. The minimum atomic E-state index is -3.61. The number of carboxylic acid groups (broad SMARTS) is 1. The Morgan fingerprint density at radius 3 is 2.85 bits per heavy atom. The molecule has 1 aromatic rings. The Hall–Kier alpha value is -0.920. The first-order chi connectivity index (χ1) is 9.45. The van der Waals surface area contributed by atoms with Gasteiger partial charge >= 0.3 is 5.97 Å². The van der Waals surface area contributed by atoms with Crippen molar-refractivity contribution in [3.05, 3.63) is 29.8 Å². The molecule has 0 saturated carbocycles. The van der Waals surface area contributed by atoms with Gasteiger partial charge in [-0.25, -0.2) is 8.42 Å². The van der Waals surface area contributed by atoms with Crippen molar-refractivity contribution in [3.8, 4) is 0 Å². The maximum atomic E-state index is 12.5. The third kappa shape index (κ3) is 3.21. The van der Waals surface area contributed by atoms with Crippen LogP contribution in [0.15, 0.2) is 29.2 Å². The Bertz CT molecular complexity index is 602. The minimum Gasteiger partial charge on any atom is -0.481 e. The normalized spacial score (nSPS) is 20.8. The summed E-state index contributed by atoms with van der Waals surface area (Å²) in [4.78, 5) is 11.3. The number of carbonyl (C=O) groups is 1. The lowest BCUT2D eigenvalue weighted by atomic mass is 10.0. The third-order valence-corrected chi connectivity index (χ3v) is 5.93. The summed E-state index contributed by atoms with van der Waals surface area (Å²) in [6.07, 6.45) is 1.11. The van der Waals surface area contributed by atoms with E-state index in [1.165, 1.54) is 4.31 Å². The van der Waals surface area contributed by atoms with Gasteiger partial charge in [-0.1, -0.05) is 28.1 Å². The molecule has 20 heavy (non-hydrogen) atoms. The summed E-state index contributed by atoms with van der Waals surface area (Å²) in [5.41, 5.74) is 0.873. The van der Waals surface area contributed by atoms with E-state index in [2.05, 4.69) is 15.9 Å². The molecule has 1 heterocycles. The van der Waals surface area contributed by atoms with Crippen LogP contribution in [0, 0.1) is 5.92 Å². The van der Waals surface area contributed by atoms with E-state index in [0.29, 0.717) is 24.7 Å². The van der Waals surface area contributed by atoms with E-state index < -0.39 is 21.9 Å². The molecule has 1 saturated heterocycles. The minimum absolute atomic E-state index is 0.0518.